The van der Waals surface area contributed by atoms with Gasteiger partial charge in [0, 0.05) is 6.54 Å². The molecule has 0 radical (unpaired) electrons. The number of hydrogen-bond donors (Lipinski definition) is 0. The Labute approximate surface area is 131 Å². The highest BCUT2D eigenvalue weighted by Crippen LogP contribution is 2.38. The number of amides is 2. The van der Waals surface area contributed by atoms with Crippen LogP contribution in [0, 0.1) is 0 Å². The molecular weight excluding hydrogens is 314 g/mol. The third-order valence-electron chi connectivity index (χ3n) is 2.94. The first kappa shape index (κ1) is 15.7. The third kappa shape index (κ3) is 3.01. The molecule has 5 nitrogen and oxygen atoms in total. The number of methoxy groups -OCH3 is 2. The molecule has 0 spiro atoms. The zero-order chi connectivity index (χ0) is 15.6. The minimum absolute atomic E-state index is 0.264. The molecule has 1 saturated heterocycles. The van der Waals surface area contributed by atoms with Crippen LogP contribution in [0.5, 0.6) is 11.5 Å². The summed E-state index contributed by atoms with van der Waals surface area (Å²) in [7, 11) is 3.00. The molecule has 112 valence electrons. The Morgan fingerprint density at radius 1 is 1.29 bits per heavy atom. The maximum absolute atomic E-state index is 12.0. The molecule has 0 saturated carbocycles. The lowest BCUT2D eigenvalue weighted by Crippen LogP contribution is -2.27. The number of benzene rings is 1. The number of ether oxygens (including phenoxy) is 2. The molecule has 0 aliphatic carbocycles. The largest absolute Gasteiger partial charge is 0.493 e. The molecule has 2 rings (SSSR count). The Morgan fingerprint density at radius 2 is 2.00 bits per heavy atom. The molecule has 0 unspecified atom stereocenters. The number of nitrogens with zero attached hydrogens (tertiary/aromatic N) is 1. The van der Waals surface area contributed by atoms with E-state index >= 15 is 0 Å². The van der Waals surface area contributed by atoms with Crippen molar-refractivity contribution in [2.24, 2.45) is 0 Å². The van der Waals surface area contributed by atoms with Crippen LogP contribution in [-0.4, -0.2) is 36.8 Å². The predicted molar refractivity (Wildman–Crippen MR) is 82.9 cm³/mol. The number of halogens is 1. The van der Waals surface area contributed by atoms with Crippen LogP contribution in [0.25, 0.3) is 6.08 Å². The fraction of sp³-hybridized carbons (Fsp3) is 0.286. The van der Waals surface area contributed by atoms with Gasteiger partial charge in [0.2, 0.25) is 0 Å². The first-order chi connectivity index (χ1) is 10.0. The minimum Gasteiger partial charge on any atom is -0.493 e. The summed E-state index contributed by atoms with van der Waals surface area (Å²) in [5.74, 6) is 0.599. The Kier molecular flexibility index (Phi) is 4.80. The predicted octanol–water partition coefficient (Wildman–Crippen LogP) is 3.41. The second-order valence-electron chi connectivity index (χ2n) is 4.16. The van der Waals surface area contributed by atoms with E-state index in [1.54, 1.807) is 25.1 Å². The first-order valence-electron chi connectivity index (χ1n) is 6.18. The molecule has 7 heteroatoms. The second kappa shape index (κ2) is 6.41. The number of imide groups is 1. The lowest BCUT2D eigenvalue weighted by atomic mass is 10.2. The topological polar surface area (TPSA) is 55.8 Å². The van der Waals surface area contributed by atoms with E-state index in [0.29, 0.717) is 33.5 Å². The highest BCUT2D eigenvalue weighted by Gasteiger charge is 2.33. The van der Waals surface area contributed by atoms with Gasteiger partial charge < -0.3 is 9.47 Å². The summed E-state index contributed by atoms with van der Waals surface area (Å²) >= 11 is 7.03. The van der Waals surface area contributed by atoms with Gasteiger partial charge in [-0.25, -0.2) is 0 Å². The van der Waals surface area contributed by atoms with Gasteiger partial charge >= 0.3 is 0 Å². The summed E-state index contributed by atoms with van der Waals surface area (Å²) in [6.07, 6.45) is 1.62. The van der Waals surface area contributed by atoms with Gasteiger partial charge in [0.1, 0.15) is 0 Å². The first-order valence-corrected chi connectivity index (χ1v) is 7.38. The van der Waals surface area contributed by atoms with Crippen LogP contribution < -0.4 is 9.47 Å². The van der Waals surface area contributed by atoms with Gasteiger partial charge in [-0.3, -0.25) is 14.5 Å². The molecule has 0 N–H and O–H groups in total. The summed E-state index contributed by atoms with van der Waals surface area (Å²) in [5.41, 5.74) is 0.666. The number of rotatable bonds is 4. The Morgan fingerprint density at radius 3 is 2.52 bits per heavy atom. The van der Waals surface area contributed by atoms with Crippen LogP contribution in [0.2, 0.25) is 5.02 Å². The Balaban J connectivity index is 2.40. The molecule has 1 aromatic rings. The van der Waals surface area contributed by atoms with E-state index in [0.717, 1.165) is 11.8 Å². The summed E-state index contributed by atoms with van der Waals surface area (Å²) < 4.78 is 10.4. The van der Waals surface area contributed by atoms with Crippen LogP contribution in [0.1, 0.15) is 12.5 Å². The van der Waals surface area contributed by atoms with Gasteiger partial charge in [0.05, 0.1) is 24.1 Å². The number of likely N-dealkylation sites (N-methyl/N-ethyl adjacent to an activating group) is 1. The molecular formula is C14H14ClNO4S. The Hall–Kier alpha value is -1.66. The molecule has 1 heterocycles. The molecule has 0 atom stereocenters. The van der Waals surface area contributed by atoms with Gasteiger partial charge in [-0.05, 0) is 42.5 Å². The van der Waals surface area contributed by atoms with Crippen molar-refractivity contribution in [1.82, 2.24) is 4.90 Å². The third-order valence-corrected chi connectivity index (χ3v) is 4.13. The number of hydrogen-bond acceptors (Lipinski definition) is 5. The zero-order valence-corrected chi connectivity index (χ0v) is 13.4. The SMILES string of the molecule is CCN1C(=O)S/C(=C\c2cc(Cl)c(OC)c(OC)c2)C1=O. The lowest BCUT2D eigenvalue weighted by molar-refractivity contribution is -0.122. The fourth-order valence-corrected chi connectivity index (χ4v) is 3.14. The molecule has 21 heavy (non-hydrogen) atoms. The summed E-state index contributed by atoms with van der Waals surface area (Å²) in [6.45, 7) is 2.11. The maximum atomic E-state index is 12.0. The highest BCUT2D eigenvalue weighted by molar-refractivity contribution is 8.18. The Bertz CT molecular complexity index is 630. The number of thioether (sulfide) groups is 1. The summed E-state index contributed by atoms with van der Waals surface area (Å²) in [4.78, 5) is 25.3. The normalized spacial score (nSPS) is 16.8. The van der Waals surface area contributed by atoms with Gasteiger partial charge in [0.25, 0.3) is 11.1 Å². The molecule has 1 aliphatic heterocycles. The van der Waals surface area contributed by atoms with Crippen molar-refractivity contribution in [2.45, 2.75) is 6.92 Å². The zero-order valence-electron chi connectivity index (χ0n) is 11.8. The van der Waals surface area contributed by atoms with Crippen molar-refractivity contribution in [3.05, 3.63) is 27.6 Å². The number of carbonyl (C=O) groups is 2. The van der Waals surface area contributed by atoms with Crippen LogP contribution in [0.4, 0.5) is 4.79 Å². The smallest absolute Gasteiger partial charge is 0.293 e. The van der Waals surface area contributed by atoms with Gasteiger partial charge in [-0.15, -0.1) is 0 Å². The number of carbonyl (C=O) groups excluding carboxylic acids is 2. The average molecular weight is 328 g/mol. The van der Waals surface area contributed by atoms with Crippen LogP contribution in [-0.2, 0) is 4.79 Å². The molecule has 2 amide bonds. The van der Waals surface area contributed by atoms with E-state index in [1.165, 1.54) is 19.1 Å². The van der Waals surface area contributed by atoms with Crippen molar-refractivity contribution in [1.29, 1.82) is 0 Å². The molecule has 1 fully saturated rings. The van der Waals surface area contributed by atoms with E-state index in [9.17, 15) is 9.59 Å². The van der Waals surface area contributed by atoms with Crippen molar-refractivity contribution in [3.8, 4) is 11.5 Å². The van der Waals surface area contributed by atoms with E-state index in [1.807, 2.05) is 0 Å². The van der Waals surface area contributed by atoms with Gasteiger partial charge in [0.15, 0.2) is 11.5 Å². The molecule has 0 aromatic heterocycles. The van der Waals surface area contributed by atoms with E-state index < -0.39 is 0 Å². The van der Waals surface area contributed by atoms with E-state index in [2.05, 4.69) is 0 Å². The summed E-state index contributed by atoms with van der Waals surface area (Å²) in [6, 6.07) is 3.35. The maximum Gasteiger partial charge on any atom is 0.293 e. The van der Waals surface area contributed by atoms with E-state index in [4.69, 9.17) is 21.1 Å². The van der Waals surface area contributed by atoms with Crippen LogP contribution >= 0.6 is 23.4 Å². The van der Waals surface area contributed by atoms with Gasteiger partial charge in [-0.2, -0.15) is 0 Å². The lowest BCUT2D eigenvalue weighted by Gasteiger charge is -2.10. The molecule has 1 aromatic carbocycles. The van der Waals surface area contributed by atoms with Crippen molar-refractivity contribution >= 4 is 40.6 Å². The van der Waals surface area contributed by atoms with Crippen molar-refractivity contribution in [2.75, 3.05) is 20.8 Å². The van der Waals surface area contributed by atoms with E-state index in [-0.39, 0.29) is 11.1 Å². The minimum atomic E-state index is -0.293. The highest BCUT2D eigenvalue weighted by atomic mass is 35.5. The van der Waals surface area contributed by atoms with Crippen molar-refractivity contribution in [3.63, 3.8) is 0 Å². The van der Waals surface area contributed by atoms with Crippen molar-refractivity contribution < 1.29 is 19.1 Å². The van der Waals surface area contributed by atoms with Crippen LogP contribution in [0.15, 0.2) is 17.0 Å². The quantitative estimate of drug-likeness (QED) is 0.793. The monoisotopic (exact) mass is 327 g/mol. The standard InChI is InChI=1S/C14H14ClNO4S/c1-4-16-13(17)11(21-14(16)18)7-8-5-9(15)12(20-3)10(6-8)19-2/h5-7H,4H2,1-3H3/b11-7-. The molecule has 0 bridgehead atoms. The second-order valence-corrected chi connectivity index (χ2v) is 5.56. The van der Waals surface area contributed by atoms with Crippen LogP contribution in [0.3, 0.4) is 0 Å². The summed E-state index contributed by atoms with van der Waals surface area (Å²) in [5, 5.41) is 0.109. The molecule has 1 aliphatic rings. The fourth-order valence-electron chi connectivity index (χ4n) is 1.95. The van der Waals surface area contributed by atoms with Gasteiger partial charge in [-0.1, -0.05) is 11.6 Å². The average Bonchev–Trinajstić information content (AvgIpc) is 2.72.